The van der Waals surface area contributed by atoms with Crippen molar-refractivity contribution in [1.29, 1.82) is 5.26 Å². The summed E-state index contributed by atoms with van der Waals surface area (Å²) in [4.78, 5) is 22.7. The van der Waals surface area contributed by atoms with E-state index in [0.29, 0.717) is 24.1 Å². The molecule has 0 radical (unpaired) electrons. The van der Waals surface area contributed by atoms with Crippen molar-refractivity contribution >= 4 is 11.9 Å². The number of carbonyl (C=O) groups is 2. The van der Waals surface area contributed by atoms with Crippen molar-refractivity contribution < 1.29 is 14.3 Å². The number of unbranched alkanes of at least 4 members (excludes halogenated alkanes) is 2. The Morgan fingerprint density at radius 1 is 1.30 bits per heavy atom. The van der Waals surface area contributed by atoms with Gasteiger partial charge in [-0.15, -0.1) is 0 Å². The molecule has 106 valence electrons. The van der Waals surface area contributed by atoms with Gasteiger partial charge in [0, 0.05) is 18.5 Å². The normalized spacial score (nSPS) is 9.60. The average molecular weight is 274 g/mol. The number of ether oxygens (including phenoxy) is 1. The van der Waals surface area contributed by atoms with E-state index in [-0.39, 0.29) is 11.9 Å². The second kappa shape index (κ2) is 8.70. The Balaban J connectivity index is 2.23. The maximum Gasteiger partial charge on any atom is 0.305 e. The largest absolute Gasteiger partial charge is 0.469 e. The predicted octanol–water partition coefficient (Wildman–Crippen LogP) is 2.02. The van der Waals surface area contributed by atoms with Crippen LogP contribution in [0.1, 0.15) is 41.6 Å². The molecule has 0 spiro atoms. The van der Waals surface area contributed by atoms with Crippen LogP contribution in [0.15, 0.2) is 24.3 Å². The molecule has 1 amide bonds. The van der Waals surface area contributed by atoms with Gasteiger partial charge in [0.15, 0.2) is 0 Å². The molecule has 5 nitrogen and oxygen atoms in total. The highest BCUT2D eigenvalue weighted by Gasteiger charge is 2.05. The first-order chi connectivity index (χ1) is 9.67. The summed E-state index contributed by atoms with van der Waals surface area (Å²) >= 11 is 0. The number of hydrogen-bond acceptors (Lipinski definition) is 4. The summed E-state index contributed by atoms with van der Waals surface area (Å²) in [5.74, 6) is -0.391. The van der Waals surface area contributed by atoms with Gasteiger partial charge in [-0.1, -0.05) is 12.5 Å². The molecule has 20 heavy (non-hydrogen) atoms. The van der Waals surface area contributed by atoms with E-state index in [1.807, 2.05) is 6.07 Å². The van der Waals surface area contributed by atoms with Crippen molar-refractivity contribution in [1.82, 2.24) is 5.32 Å². The van der Waals surface area contributed by atoms with E-state index in [2.05, 4.69) is 10.1 Å². The van der Waals surface area contributed by atoms with Gasteiger partial charge in [0.05, 0.1) is 18.7 Å². The number of rotatable bonds is 7. The molecule has 0 saturated heterocycles. The zero-order valence-electron chi connectivity index (χ0n) is 11.5. The number of esters is 1. The Morgan fingerprint density at radius 2 is 2.10 bits per heavy atom. The van der Waals surface area contributed by atoms with Crippen molar-refractivity contribution in [2.24, 2.45) is 0 Å². The van der Waals surface area contributed by atoms with Gasteiger partial charge in [0.1, 0.15) is 0 Å². The molecule has 1 N–H and O–H groups in total. The summed E-state index contributed by atoms with van der Waals surface area (Å²) in [5, 5.41) is 11.6. The standard InChI is InChI=1S/C15H18N2O3/c1-20-14(18)8-3-2-4-9-17-15(19)13-7-5-6-12(10-13)11-16/h5-7,10H,2-4,8-9H2,1H3,(H,17,19). The topological polar surface area (TPSA) is 79.2 Å². The van der Waals surface area contributed by atoms with Crippen molar-refractivity contribution in [3.05, 3.63) is 35.4 Å². The van der Waals surface area contributed by atoms with Crippen LogP contribution < -0.4 is 5.32 Å². The third-order valence-electron chi connectivity index (χ3n) is 2.82. The van der Waals surface area contributed by atoms with Crippen LogP contribution in [0.3, 0.4) is 0 Å². The predicted molar refractivity (Wildman–Crippen MR) is 74.0 cm³/mol. The first-order valence-electron chi connectivity index (χ1n) is 6.52. The molecule has 5 heteroatoms. The molecule has 0 aromatic heterocycles. The molecule has 0 aliphatic carbocycles. The molecule has 0 heterocycles. The fourth-order valence-electron chi connectivity index (χ4n) is 1.71. The SMILES string of the molecule is COC(=O)CCCCCNC(=O)c1cccc(C#N)c1. The van der Waals surface area contributed by atoms with Crippen LogP contribution >= 0.6 is 0 Å². The van der Waals surface area contributed by atoms with Crippen LogP contribution in [0.25, 0.3) is 0 Å². The Hall–Kier alpha value is -2.35. The summed E-state index contributed by atoms with van der Waals surface area (Å²) in [6.45, 7) is 0.552. The smallest absolute Gasteiger partial charge is 0.305 e. The molecular weight excluding hydrogens is 256 g/mol. The van der Waals surface area contributed by atoms with E-state index in [1.54, 1.807) is 24.3 Å². The number of carbonyl (C=O) groups excluding carboxylic acids is 2. The quantitative estimate of drug-likeness (QED) is 0.609. The number of amides is 1. The minimum Gasteiger partial charge on any atom is -0.469 e. The average Bonchev–Trinajstić information content (AvgIpc) is 2.50. The van der Waals surface area contributed by atoms with Gasteiger partial charge in [-0.2, -0.15) is 5.26 Å². The minimum absolute atomic E-state index is 0.185. The van der Waals surface area contributed by atoms with Gasteiger partial charge in [0.25, 0.3) is 5.91 Å². The van der Waals surface area contributed by atoms with Crippen LogP contribution in [0.5, 0.6) is 0 Å². The van der Waals surface area contributed by atoms with Crippen molar-refractivity contribution in [3.8, 4) is 6.07 Å². The number of methoxy groups -OCH3 is 1. The molecule has 0 atom stereocenters. The number of benzene rings is 1. The lowest BCUT2D eigenvalue weighted by molar-refractivity contribution is -0.140. The lowest BCUT2D eigenvalue weighted by atomic mass is 10.1. The van der Waals surface area contributed by atoms with Crippen molar-refractivity contribution in [2.45, 2.75) is 25.7 Å². The lowest BCUT2D eigenvalue weighted by Crippen LogP contribution is -2.24. The van der Waals surface area contributed by atoms with Gasteiger partial charge in [-0.3, -0.25) is 9.59 Å². The van der Waals surface area contributed by atoms with E-state index < -0.39 is 0 Å². The van der Waals surface area contributed by atoms with E-state index in [1.165, 1.54) is 7.11 Å². The molecule has 0 bridgehead atoms. The van der Waals surface area contributed by atoms with Crippen LogP contribution in [0.2, 0.25) is 0 Å². The van der Waals surface area contributed by atoms with Crippen LogP contribution in [0.4, 0.5) is 0 Å². The van der Waals surface area contributed by atoms with Gasteiger partial charge >= 0.3 is 5.97 Å². The van der Waals surface area contributed by atoms with Gasteiger partial charge in [-0.05, 0) is 31.0 Å². The fourth-order valence-corrected chi connectivity index (χ4v) is 1.71. The Morgan fingerprint density at radius 3 is 2.80 bits per heavy atom. The maximum atomic E-state index is 11.8. The molecule has 1 rings (SSSR count). The second-order valence-corrected chi connectivity index (χ2v) is 4.34. The Labute approximate surface area is 118 Å². The van der Waals surface area contributed by atoms with E-state index in [9.17, 15) is 9.59 Å². The summed E-state index contributed by atoms with van der Waals surface area (Å²) in [6.07, 6.45) is 2.83. The molecule has 1 aromatic carbocycles. The highest BCUT2D eigenvalue weighted by atomic mass is 16.5. The highest BCUT2D eigenvalue weighted by Crippen LogP contribution is 2.04. The molecule has 1 aromatic rings. The summed E-state index contributed by atoms with van der Waals surface area (Å²) in [7, 11) is 1.37. The van der Waals surface area contributed by atoms with Crippen molar-refractivity contribution in [3.63, 3.8) is 0 Å². The number of hydrogen-bond donors (Lipinski definition) is 1. The summed E-state index contributed by atoms with van der Waals surface area (Å²) in [5.41, 5.74) is 0.953. The van der Waals surface area contributed by atoms with Crippen molar-refractivity contribution in [2.75, 3.05) is 13.7 Å². The third-order valence-corrected chi connectivity index (χ3v) is 2.82. The van der Waals surface area contributed by atoms with Crippen LogP contribution in [0, 0.1) is 11.3 Å². The highest BCUT2D eigenvalue weighted by molar-refractivity contribution is 5.94. The first-order valence-corrected chi connectivity index (χ1v) is 6.52. The summed E-state index contributed by atoms with van der Waals surface area (Å²) < 4.78 is 4.54. The first kappa shape index (κ1) is 15.7. The van der Waals surface area contributed by atoms with Gasteiger partial charge < -0.3 is 10.1 Å². The van der Waals surface area contributed by atoms with E-state index in [0.717, 1.165) is 19.3 Å². The van der Waals surface area contributed by atoms with E-state index >= 15 is 0 Å². The molecule has 0 saturated carbocycles. The Kier molecular flexibility index (Phi) is 6.83. The zero-order valence-corrected chi connectivity index (χ0v) is 11.5. The Bertz CT molecular complexity index is 506. The molecule has 0 aliphatic rings. The lowest BCUT2D eigenvalue weighted by Gasteiger charge is -2.05. The second-order valence-electron chi connectivity index (χ2n) is 4.34. The van der Waals surface area contributed by atoms with Crippen LogP contribution in [-0.4, -0.2) is 25.5 Å². The van der Waals surface area contributed by atoms with Gasteiger partial charge in [-0.25, -0.2) is 0 Å². The maximum absolute atomic E-state index is 11.8. The van der Waals surface area contributed by atoms with Gasteiger partial charge in [0.2, 0.25) is 0 Å². The third kappa shape index (κ3) is 5.53. The molecular formula is C15H18N2O3. The minimum atomic E-state index is -0.206. The molecule has 0 unspecified atom stereocenters. The molecule has 0 fully saturated rings. The monoisotopic (exact) mass is 274 g/mol. The molecule has 0 aliphatic heterocycles. The number of nitrogens with one attached hydrogen (secondary N) is 1. The van der Waals surface area contributed by atoms with E-state index in [4.69, 9.17) is 5.26 Å². The fraction of sp³-hybridized carbons (Fsp3) is 0.400. The summed E-state index contributed by atoms with van der Waals surface area (Å²) in [6, 6.07) is 8.58. The zero-order chi connectivity index (χ0) is 14.8. The van der Waals surface area contributed by atoms with Crippen LogP contribution in [-0.2, 0) is 9.53 Å². The number of nitriles is 1. The number of nitrogens with zero attached hydrogens (tertiary/aromatic N) is 1.